The van der Waals surface area contributed by atoms with Gasteiger partial charge in [0.25, 0.3) is 0 Å². The summed E-state index contributed by atoms with van der Waals surface area (Å²) in [5, 5.41) is 12.0. The van der Waals surface area contributed by atoms with Gasteiger partial charge < -0.3 is 24.8 Å². The highest BCUT2D eigenvalue weighted by atomic mass is 79.9. The number of ether oxygens (including phenoxy) is 2. The lowest BCUT2D eigenvalue weighted by Gasteiger charge is -2.34. The molecular weight excluding hydrogens is 432 g/mol. The Kier molecular flexibility index (Phi) is 6.36. The van der Waals surface area contributed by atoms with Crippen molar-refractivity contribution < 1.29 is 29.0 Å². The largest absolute Gasteiger partial charge is 0.466 e. The molecule has 3 aliphatic heterocycles. The Labute approximate surface area is 173 Å². The maximum absolute atomic E-state index is 13.4. The van der Waals surface area contributed by atoms with E-state index in [4.69, 9.17) is 14.6 Å². The average Bonchev–Trinajstić information content (AvgIpc) is 3.19. The van der Waals surface area contributed by atoms with Crippen LogP contribution in [0.25, 0.3) is 0 Å². The van der Waals surface area contributed by atoms with E-state index in [1.807, 2.05) is 13.8 Å². The number of carbonyl (C=O) groups excluding carboxylic acids is 3. The highest BCUT2D eigenvalue weighted by Crippen LogP contribution is 2.60. The smallest absolute Gasteiger partial charge is 0.312 e. The summed E-state index contributed by atoms with van der Waals surface area (Å²) in [5.74, 6) is -2.39. The van der Waals surface area contributed by atoms with Crippen LogP contribution in [0.1, 0.15) is 40.0 Å². The molecule has 3 aliphatic rings. The van der Waals surface area contributed by atoms with Crippen LogP contribution in [0.2, 0.25) is 0 Å². The molecule has 1 spiro atoms. The lowest BCUT2D eigenvalue weighted by atomic mass is 9.70. The van der Waals surface area contributed by atoms with Crippen LogP contribution in [-0.4, -0.2) is 76.2 Å². The van der Waals surface area contributed by atoms with Crippen molar-refractivity contribution in [3.8, 4) is 0 Å². The van der Waals surface area contributed by atoms with Gasteiger partial charge in [-0.2, -0.15) is 0 Å². The van der Waals surface area contributed by atoms with Crippen LogP contribution in [0.15, 0.2) is 0 Å². The fourth-order valence-corrected chi connectivity index (χ4v) is 5.88. The molecule has 0 saturated carbocycles. The lowest BCUT2D eigenvalue weighted by Crippen LogP contribution is -2.56. The van der Waals surface area contributed by atoms with Gasteiger partial charge in [-0.05, 0) is 40.0 Å². The summed E-state index contributed by atoms with van der Waals surface area (Å²) in [5.41, 5.74) is -1.04. The number of esters is 1. The van der Waals surface area contributed by atoms with E-state index in [0.717, 1.165) is 0 Å². The van der Waals surface area contributed by atoms with Crippen LogP contribution in [0, 0.1) is 11.8 Å². The SMILES string of the molecule is CCOC(=O)[C@H]1[C@H]2C(=O)N(CCCCO)C(C(=O)NC(C)C)C23CC(Br)[C@@H]1O3. The molecule has 2 bridgehead atoms. The third kappa shape index (κ3) is 3.35. The Balaban J connectivity index is 1.98. The molecule has 2 N–H and O–H groups in total. The molecular formula is C19H29BrN2O6. The standard InChI is InChI=1S/C19H29BrN2O6/c1-4-27-18(26)12-13-17(25)22(7-5-6-8-23)15(16(24)21-10(2)3)19(13)9-11(20)14(12)28-19/h10-15,23H,4-9H2,1-3H3,(H,21,24)/t11?,12-,13-,14-,15?,19?/m0/s1. The molecule has 6 atom stereocenters. The van der Waals surface area contributed by atoms with Crippen molar-refractivity contribution >= 4 is 33.7 Å². The maximum atomic E-state index is 13.4. The summed E-state index contributed by atoms with van der Waals surface area (Å²) < 4.78 is 11.5. The van der Waals surface area contributed by atoms with Crippen molar-refractivity contribution in [2.24, 2.45) is 11.8 Å². The fourth-order valence-electron chi connectivity index (χ4n) is 4.94. The zero-order valence-corrected chi connectivity index (χ0v) is 18.1. The summed E-state index contributed by atoms with van der Waals surface area (Å²) >= 11 is 3.59. The molecule has 8 nitrogen and oxygen atoms in total. The number of fused-ring (bicyclic) bond motifs is 1. The van der Waals surface area contributed by atoms with Gasteiger partial charge in [0.2, 0.25) is 11.8 Å². The van der Waals surface area contributed by atoms with Gasteiger partial charge in [-0.1, -0.05) is 15.9 Å². The van der Waals surface area contributed by atoms with Crippen molar-refractivity contribution in [2.75, 3.05) is 19.8 Å². The molecule has 158 valence electrons. The predicted octanol–water partition coefficient (Wildman–Crippen LogP) is 0.595. The highest BCUT2D eigenvalue weighted by molar-refractivity contribution is 9.09. The number of alkyl halides is 1. The summed E-state index contributed by atoms with van der Waals surface area (Å²) in [6.45, 7) is 6.03. The van der Waals surface area contributed by atoms with Gasteiger partial charge in [-0.3, -0.25) is 14.4 Å². The number of likely N-dealkylation sites (tertiary alicyclic amines) is 1. The molecule has 9 heteroatoms. The molecule has 3 heterocycles. The Morgan fingerprint density at radius 3 is 2.75 bits per heavy atom. The van der Waals surface area contributed by atoms with Gasteiger partial charge in [-0.15, -0.1) is 0 Å². The number of halogens is 1. The first-order valence-corrected chi connectivity index (χ1v) is 10.9. The normalized spacial score (nSPS) is 36.1. The molecule has 0 radical (unpaired) electrons. The minimum absolute atomic E-state index is 0.0208. The van der Waals surface area contributed by atoms with Gasteiger partial charge in [0.05, 0.1) is 24.5 Å². The zero-order valence-electron chi connectivity index (χ0n) is 16.5. The average molecular weight is 461 g/mol. The molecule has 3 rings (SSSR count). The van der Waals surface area contributed by atoms with E-state index in [-0.39, 0.29) is 35.9 Å². The van der Waals surface area contributed by atoms with E-state index < -0.39 is 35.6 Å². The fraction of sp³-hybridized carbons (Fsp3) is 0.842. The van der Waals surface area contributed by atoms with Crippen LogP contribution in [0.3, 0.4) is 0 Å². The number of carbonyl (C=O) groups is 3. The predicted molar refractivity (Wildman–Crippen MR) is 104 cm³/mol. The van der Waals surface area contributed by atoms with Crippen LogP contribution in [0.5, 0.6) is 0 Å². The number of nitrogens with one attached hydrogen (secondary N) is 1. The van der Waals surface area contributed by atoms with E-state index in [1.54, 1.807) is 11.8 Å². The first-order chi connectivity index (χ1) is 13.3. The number of nitrogens with zero attached hydrogens (tertiary/aromatic N) is 1. The quantitative estimate of drug-likeness (QED) is 0.312. The van der Waals surface area contributed by atoms with Gasteiger partial charge >= 0.3 is 5.97 Å². The third-order valence-electron chi connectivity index (χ3n) is 5.83. The number of hydrogen-bond donors (Lipinski definition) is 2. The van der Waals surface area contributed by atoms with E-state index >= 15 is 0 Å². The second-order valence-corrected chi connectivity index (χ2v) is 9.22. The van der Waals surface area contributed by atoms with Crippen molar-refractivity contribution in [3.63, 3.8) is 0 Å². The number of hydrogen-bond acceptors (Lipinski definition) is 6. The Hall–Kier alpha value is -1.19. The van der Waals surface area contributed by atoms with Gasteiger partial charge in [-0.25, -0.2) is 0 Å². The van der Waals surface area contributed by atoms with Gasteiger partial charge in [0, 0.05) is 24.0 Å². The number of unbranched alkanes of at least 4 members (excludes halogenated alkanes) is 1. The third-order valence-corrected chi connectivity index (χ3v) is 6.68. The van der Waals surface area contributed by atoms with E-state index in [1.165, 1.54) is 0 Å². The number of aliphatic hydroxyl groups excluding tert-OH is 1. The molecule has 0 aromatic carbocycles. The van der Waals surface area contributed by atoms with E-state index in [2.05, 4.69) is 21.2 Å². The van der Waals surface area contributed by atoms with Crippen LogP contribution in [0.4, 0.5) is 0 Å². The molecule has 28 heavy (non-hydrogen) atoms. The maximum Gasteiger partial charge on any atom is 0.312 e. The van der Waals surface area contributed by atoms with Crippen molar-refractivity contribution in [2.45, 2.75) is 68.6 Å². The molecule has 3 fully saturated rings. The minimum Gasteiger partial charge on any atom is -0.466 e. The molecule has 0 aromatic rings. The topological polar surface area (TPSA) is 105 Å². The number of rotatable bonds is 8. The first kappa shape index (κ1) is 21.5. The van der Waals surface area contributed by atoms with Crippen LogP contribution in [-0.2, 0) is 23.9 Å². The monoisotopic (exact) mass is 460 g/mol. The Morgan fingerprint density at radius 2 is 2.14 bits per heavy atom. The first-order valence-electron chi connectivity index (χ1n) is 9.98. The molecule has 0 aliphatic carbocycles. The summed E-state index contributed by atoms with van der Waals surface area (Å²) in [7, 11) is 0. The van der Waals surface area contributed by atoms with Gasteiger partial charge in [0.1, 0.15) is 11.6 Å². The second-order valence-electron chi connectivity index (χ2n) is 8.04. The molecule has 3 saturated heterocycles. The zero-order chi connectivity index (χ0) is 20.6. The summed E-state index contributed by atoms with van der Waals surface area (Å²) in [6, 6.07) is -0.882. The van der Waals surface area contributed by atoms with Crippen molar-refractivity contribution in [1.29, 1.82) is 0 Å². The van der Waals surface area contributed by atoms with Crippen molar-refractivity contribution in [1.82, 2.24) is 10.2 Å². The summed E-state index contributed by atoms with van der Waals surface area (Å²) in [4.78, 5) is 40.6. The minimum atomic E-state index is -1.04. The van der Waals surface area contributed by atoms with Gasteiger partial charge in [0.15, 0.2) is 0 Å². The number of amides is 2. The molecule has 3 unspecified atom stereocenters. The van der Waals surface area contributed by atoms with Crippen molar-refractivity contribution in [3.05, 3.63) is 0 Å². The Morgan fingerprint density at radius 1 is 1.43 bits per heavy atom. The molecule has 2 amide bonds. The molecule has 0 aromatic heterocycles. The van der Waals surface area contributed by atoms with Crippen LogP contribution < -0.4 is 5.32 Å². The second kappa shape index (κ2) is 8.28. The number of aliphatic hydroxyl groups is 1. The summed E-state index contributed by atoms with van der Waals surface area (Å²) in [6.07, 6.45) is 1.10. The van der Waals surface area contributed by atoms with E-state index in [0.29, 0.717) is 25.8 Å². The highest BCUT2D eigenvalue weighted by Gasteiger charge is 2.76. The lowest BCUT2D eigenvalue weighted by molar-refractivity contribution is -0.154. The van der Waals surface area contributed by atoms with E-state index in [9.17, 15) is 14.4 Å². The van der Waals surface area contributed by atoms with Crippen LogP contribution >= 0.6 is 15.9 Å². The Bertz CT molecular complexity index is 644.